The van der Waals surface area contributed by atoms with E-state index < -0.39 is 24.0 Å². The minimum Gasteiger partial charge on any atom is -0.480 e. The van der Waals surface area contributed by atoms with Gasteiger partial charge in [-0.05, 0) is 19.1 Å². The van der Waals surface area contributed by atoms with Crippen LogP contribution in [0, 0.1) is 0 Å². The fourth-order valence-corrected chi connectivity index (χ4v) is 1.94. The van der Waals surface area contributed by atoms with Gasteiger partial charge in [-0.25, -0.2) is 4.79 Å². The molecule has 0 bridgehead atoms. The van der Waals surface area contributed by atoms with Crippen LogP contribution in [0.2, 0.25) is 10.0 Å². The van der Waals surface area contributed by atoms with Gasteiger partial charge in [-0.1, -0.05) is 29.3 Å². The van der Waals surface area contributed by atoms with Crippen LogP contribution in [0.25, 0.3) is 0 Å². The van der Waals surface area contributed by atoms with E-state index in [1.165, 1.54) is 14.0 Å². The summed E-state index contributed by atoms with van der Waals surface area (Å²) in [5.41, 5.74) is 0. The Morgan fingerprint density at radius 3 is 2.64 bits per heavy atom. The summed E-state index contributed by atoms with van der Waals surface area (Å²) >= 11 is 11.8. The number of methoxy groups -OCH3 is 1. The molecule has 2 atom stereocenters. The molecule has 0 radical (unpaired) electrons. The number of hydrogen-bond acceptors (Lipinski definition) is 4. The molecule has 8 heteroatoms. The van der Waals surface area contributed by atoms with Crippen molar-refractivity contribution in [3.05, 3.63) is 28.2 Å². The van der Waals surface area contributed by atoms with Gasteiger partial charge in [-0.3, -0.25) is 4.79 Å². The second-order valence-electron chi connectivity index (χ2n) is 4.49. The van der Waals surface area contributed by atoms with Crippen molar-refractivity contribution in [2.75, 3.05) is 13.7 Å². The molecule has 1 aromatic carbocycles. The second-order valence-corrected chi connectivity index (χ2v) is 5.28. The van der Waals surface area contributed by atoms with E-state index in [-0.39, 0.29) is 23.8 Å². The van der Waals surface area contributed by atoms with Gasteiger partial charge in [0.2, 0.25) is 0 Å². The Morgan fingerprint density at radius 1 is 1.36 bits per heavy atom. The summed E-state index contributed by atoms with van der Waals surface area (Å²) in [7, 11) is 1.45. The number of ether oxygens (including phenoxy) is 2. The summed E-state index contributed by atoms with van der Waals surface area (Å²) in [6, 6.07) is 3.74. The number of benzene rings is 1. The molecule has 22 heavy (non-hydrogen) atoms. The second kappa shape index (κ2) is 8.82. The number of hydrogen-bond donors (Lipinski definition) is 2. The molecule has 0 aliphatic rings. The maximum absolute atomic E-state index is 12.0. The van der Waals surface area contributed by atoms with Gasteiger partial charge in [-0.15, -0.1) is 0 Å². The van der Waals surface area contributed by atoms with Crippen LogP contribution in [0.4, 0.5) is 0 Å². The molecule has 0 spiro atoms. The summed E-state index contributed by atoms with van der Waals surface area (Å²) in [5.74, 6) is -1.46. The highest BCUT2D eigenvalue weighted by atomic mass is 35.5. The lowest BCUT2D eigenvalue weighted by molar-refractivity contribution is -0.143. The van der Waals surface area contributed by atoms with Gasteiger partial charge in [0, 0.05) is 20.1 Å². The van der Waals surface area contributed by atoms with E-state index in [4.69, 9.17) is 37.8 Å². The Balaban J connectivity index is 2.67. The Hall–Kier alpha value is -1.50. The van der Waals surface area contributed by atoms with E-state index >= 15 is 0 Å². The number of nitrogens with one attached hydrogen (secondary N) is 1. The van der Waals surface area contributed by atoms with Gasteiger partial charge in [0.15, 0.2) is 6.10 Å². The van der Waals surface area contributed by atoms with Crippen molar-refractivity contribution in [3.63, 3.8) is 0 Å². The topological polar surface area (TPSA) is 84.9 Å². The molecule has 0 heterocycles. The maximum atomic E-state index is 12.0. The summed E-state index contributed by atoms with van der Waals surface area (Å²) in [5, 5.41) is 11.9. The first-order valence-corrected chi connectivity index (χ1v) is 7.25. The molecule has 2 unspecified atom stereocenters. The van der Waals surface area contributed by atoms with Crippen molar-refractivity contribution >= 4 is 35.1 Å². The third kappa shape index (κ3) is 5.36. The molecular formula is C14H17Cl2NO5. The molecule has 0 fully saturated rings. The van der Waals surface area contributed by atoms with Crippen molar-refractivity contribution in [1.82, 2.24) is 5.32 Å². The Bertz CT molecular complexity index is 538. The molecule has 1 amide bonds. The van der Waals surface area contributed by atoms with Gasteiger partial charge in [0.25, 0.3) is 5.91 Å². The molecule has 0 aliphatic heterocycles. The monoisotopic (exact) mass is 349 g/mol. The fraction of sp³-hybridized carbons (Fsp3) is 0.429. The van der Waals surface area contributed by atoms with Gasteiger partial charge < -0.3 is 19.9 Å². The van der Waals surface area contributed by atoms with Crippen molar-refractivity contribution in [2.24, 2.45) is 0 Å². The third-order valence-corrected chi connectivity index (χ3v) is 3.62. The molecule has 0 aliphatic carbocycles. The summed E-state index contributed by atoms with van der Waals surface area (Å²) in [6.45, 7) is 1.70. The zero-order chi connectivity index (χ0) is 16.7. The average molecular weight is 350 g/mol. The van der Waals surface area contributed by atoms with Crippen LogP contribution in [0.15, 0.2) is 18.2 Å². The molecular weight excluding hydrogens is 333 g/mol. The summed E-state index contributed by atoms with van der Waals surface area (Å²) < 4.78 is 10.2. The predicted octanol–water partition coefficient (Wildman–Crippen LogP) is 2.37. The SMILES string of the molecule is COCCC(NC(=O)C(C)Oc1cccc(Cl)c1Cl)C(=O)O. The molecule has 1 rings (SSSR count). The molecule has 0 aromatic heterocycles. The number of halogens is 2. The largest absolute Gasteiger partial charge is 0.480 e. The predicted molar refractivity (Wildman–Crippen MR) is 82.6 cm³/mol. The van der Waals surface area contributed by atoms with Crippen LogP contribution in [-0.4, -0.2) is 42.8 Å². The van der Waals surface area contributed by atoms with Crippen molar-refractivity contribution in [2.45, 2.75) is 25.5 Å². The smallest absolute Gasteiger partial charge is 0.326 e. The number of aliphatic carboxylic acids is 1. The third-order valence-electron chi connectivity index (χ3n) is 2.81. The molecule has 0 saturated heterocycles. The first kappa shape index (κ1) is 18.5. The van der Waals surface area contributed by atoms with Crippen LogP contribution in [0.1, 0.15) is 13.3 Å². The van der Waals surface area contributed by atoms with Crippen LogP contribution >= 0.6 is 23.2 Å². The number of carbonyl (C=O) groups excluding carboxylic acids is 1. The highest BCUT2D eigenvalue weighted by Crippen LogP contribution is 2.32. The first-order chi connectivity index (χ1) is 10.4. The lowest BCUT2D eigenvalue weighted by Crippen LogP contribution is -2.46. The zero-order valence-electron chi connectivity index (χ0n) is 12.1. The highest BCUT2D eigenvalue weighted by Gasteiger charge is 2.24. The Labute approximate surface area is 138 Å². The van der Waals surface area contributed by atoms with Crippen LogP contribution < -0.4 is 10.1 Å². The Kier molecular flexibility index (Phi) is 7.44. The van der Waals surface area contributed by atoms with E-state index in [0.717, 1.165) is 0 Å². The first-order valence-electron chi connectivity index (χ1n) is 6.49. The summed E-state index contributed by atoms with van der Waals surface area (Å²) in [4.78, 5) is 23.1. The fourth-order valence-electron chi connectivity index (χ4n) is 1.60. The normalized spacial score (nSPS) is 13.3. The Morgan fingerprint density at radius 2 is 2.05 bits per heavy atom. The maximum Gasteiger partial charge on any atom is 0.326 e. The number of rotatable bonds is 8. The molecule has 2 N–H and O–H groups in total. The van der Waals surface area contributed by atoms with E-state index in [1.54, 1.807) is 18.2 Å². The van der Waals surface area contributed by atoms with Gasteiger partial charge >= 0.3 is 5.97 Å². The minimum absolute atomic E-state index is 0.155. The number of amides is 1. The molecule has 1 aromatic rings. The van der Waals surface area contributed by atoms with E-state index in [2.05, 4.69) is 5.32 Å². The van der Waals surface area contributed by atoms with E-state index in [9.17, 15) is 9.59 Å². The zero-order valence-corrected chi connectivity index (χ0v) is 13.6. The quantitative estimate of drug-likeness (QED) is 0.752. The lowest BCUT2D eigenvalue weighted by Gasteiger charge is -2.19. The van der Waals surface area contributed by atoms with Gasteiger partial charge in [-0.2, -0.15) is 0 Å². The molecule has 0 saturated carbocycles. The number of carboxylic acid groups (broad SMARTS) is 1. The van der Waals surface area contributed by atoms with Crippen molar-refractivity contribution in [1.29, 1.82) is 0 Å². The van der Waals surface area contributed by atoms with Crippen LogP contribution in [-0.2, 0) is 14.3 Å². The summed E-state index contributed by atoms with van der Waals surface area (Å²) in [6.07, 6.45) is -0.775. The number of carbonyl (C=O) groups is 2. The van der Waals surface area contributed by atoms with E-state index in [1.807, 2.05) is 0 Å². The lowest BCUT2D eigenvalue weighted by atomic mass is 10.2. The van der Waals surface area contributed by atoms with Crippen LogP contribution in [0.3, 0.4) is 0 Å². The average Bonchev–Trinajstić information content (AvgIpc) is 2.47. The van der Waals surface area contributed by atoms with Gasteiger partial charge in [0.05, 0.1) is 5.02 Å². The standard InChI is InChI=1S/C14H17Cl2NO5/c1-8(22-11-5-3-4-9(15)12(11)16)13(18)17-10(14(19)20)6-7-21-2/h3-5,8,10H,6-7H2,1-2H3,(H,17,18)(H,19,20). The highest BCUT2D eigenvalue weighted by molar-refractivity contribution is 6.42. The van der Waals surface area contributed by atoms with Crippen LogP contribution in [0.5, 0.6) is 5.75 Å². The molecule has 122 valence electrons. The molecule has 6 nitrogen and oxygen atoms in total. The van der Waals surface area contributed by atoms with Crippen molar-refractivity contribution < 1.29 is 24.2 Å². The number of carboxylic acids is 1. The van der Waals surface area contributed by atoms with Crippen molar-refractivity contribution in [3.8, 4) is 5.75 Å². The minimum atomic E-state index is -1.14. The van der Waals surface area contributed by atoms with E-state index in [0.29, 0.717) is 5.02 Å². The van der Waals surface area contributed by atoms with Gasteiger partial charge in [0.1, 0.15) is 16.8 Å².